The number of Topliss-reactive ketones (excluding diaryl/α,β-unsaturated/α-hetero) is 1. The molecular weight excluding hydrogens is 368 g/mol. The molecule has 1 amide bonds. The first kappa shape index (κ1) is 19.0. The summed E-state index contributed by atoms with van der Waals surface area (Å²) in [7, 11) is 3.98. The molecule has 1 aliphatic rings. The summed E-state index contributed by atoms with van der Waals surface area (Å²) in [6.45, 7) is 1.11. The molecule has 0 saturated heterocycles. The van der Waals surface area contributed by atoms with Crippen molar-refractivity contribution in [1.29, 1.82) is 0 Å². The number of hydrogen-bond acceptors (Lipinski definition) is 4. The highest BCUT2D eigenvalue weighted by molar-refractivity contribution is 6.16. The molecule has 2 N–H and O–H groups in total. The molecule has 1 aromatic heterocycles. The maximum atomic E-state index is 13.3. The van der Waals surface area contributed by atoms with Crippen molar-refractivity contribution in [1.82, 2.24) is 4.90 Å². The number of carbonyl (C=O) groups is 2. The number of carbonyl (C=O) groups excluding carboxylic acids is 2. The summed E-state index contributed by atoms with van der Waals surface area (Å²) < 4.78 is 5.71. The minimum absolute atomic E-state index is 0.0639. The number of hydrogen-bond donors (Lipinski definition) is 2. The highest BCUT2D eigenvalue weighted by Gasteiger charge is 2.44. The van der Waals surface area contributed by atoms with Crippen molar-refractivity contribution >= 4 is 22.7 Å². The van der Waals surface area contributed by atoms with Crippen molar-refractivity contribution in [2.75, 3.05) is 27.2 Å². The molecule has 0 bridgehead atoms. The number of quaternary nitrogens is 1. The molecule has 1 atom stereocenters. The first-order valence-corrected chi connectivity index (χ1v) is 9.58. The van der Waals surface area contributed by atoms with E-state index >= 15 is 0 Å². The van der Waals surface area contributed by atoms with E-state index in [9.17, 15) is 14.7 Å². The molecule has 0 spiro atoms. The van der Waals surface area contributed by atoms with Crippen LogP contribution in [0.5, 0.6) is 0 Å². The van der Waals surface area contributed by atoms with E-state index in [0.29, 0.717) is 18.7 Å². The van der Waals surface area contributed by atoms with Gasteiger partial charge in [0.25, 0.3) is 5.91 Å². The zero-order valence-corrected chi connectivity index (χ0v) is 16.4. The van der Waals surface area contributed by atoms with Gasteiger partial charge in [-0.1, -0.05) is 48.5 Å². The van der Waals surface area contributed by atoms with E-state index in [1.165, 1.54) is 4.90 Å². The lowest BCUT2D eigenvalue weighted by Crippen LogP contribution is -3.06. The Balaban J connectivity index is 1.78. The van der Waals surface area contributed by atoms with Crippen molar-refractivity contribution in [2.24, 2.45) is 0 Å². The average Bonchev–Trinajstić information content (AvgIpc) is 3.26. The van der Waals surface area contributed by atoms with Gasteiger partial charge in [0.2, 0.25) is 5.78 Å². The number of rotatable bonds is 6. The molecule has 6 heteroatoms. The second-order valence-electron chi connectivity index (χ2n) is 7.51. The maximum Gasteiger partial charge on any atom is 0.290 e. The van der Waals surface area contributed by atoms with Crippen LogP contribution >= 0.6 is 0 Å². The summed E-state index contributed by atoms with van der Waals surface area (Å²) in [6, 6.07) is 17.6. The van der Waals surface area contributed by atoms with Gasteiger partial charge in [0.05, 0.1) is 38.8 Å². The van der Waals surface area contributed by atoms with Crippen LogP contribution in [0.3, 0.4) is 0 Å². The minimum atomic E-state index is -0.649. The second-order valence-corrected chi connectivity index (χ2v) is 7.51. The highest BCUT2D eigenvalue weighted by atomic mass is 16.3. The van der Waals surface area contributed by atoms with Crippen LogP contribution in [0.4, 0.5) is 0 Å². The molecule has 0 unspecified atom stereocenters. The molecule has 0 saturated carbocycles. The number of nitrogens with zero attached hydrogens (tertiary/aromatic N) is 1. The highest BCUT2D eigenvalue weighted by Crippen LogP contribution is 2.39. The van der Waals surface area contributed by atoms with Crippen LogP contribution in [-0.2, 0) is 4.79 Å². The summed E-state index contributed by atoms with van der Waals surface area (Å²) in [6.07, 6.45) is 0. The predicted molar refractivity (Wildman–Crippen MR) is 109 cm³/mol. The Morgan fingerprint density at radius 3 is 2.48 bits per heavy atom. The van der Waals surface area contributed by atoms with Gasteiger partial charge in [0, 0.05) is 5.39 Å². The third kappa shape index (κ3) is 3.43. The standard InChI is InChI=1S/C23H22N2O4/c1-24(2)12-13-25-20(15-8-4-3-5-9-15)19(22(27)23(25)28)21(26)18-14-16-10-6-7-11-17(16)29-18/h3-11,14,20,27H,12-13H2,1-2H3/p+1/t20-/m1/s1. The summed E-state index contributed by atoms with van der Waals surface area (Å²) >= 11 is 0. The molecule has 3 aromatic rings. The van der Waals surface area contributed by atoms with E-state index < -0.39 is 23.5 Å². The van der Waals surface area contributed by atoms with Gasteiger partial charge >= 0.3 is 0 Å². The molecule has 29 heavy (non-hydrogen) atoms. The largest absolute Gasteiger partial charge is 0.503 e. The third-order valence-corrected chi connectivity index (χ3v) is 5.17. The topological polar surface area (TPSA) is 75.2 Å². The first-order chi connectivity index (χ1) is 14.0. The molecule has 2 aromatic carbocycles. The van der Waals surface area contributed by atoms with E-state index in [1.807, 2.05) is 62.6 Å². The lowest BCUT2D eigenvalue weighted by atomic mass is 9.95. The Hall–Kier alpha value is -3.38. The fourth-order valence-corrected chi connectivity index (χ4v) is 3.67. The van der Waals surface area contributed by atoms with Crippen molar-refractivity contribution in [2.45, 2.75) is 6.04 Å². The second kappa shape index (κ2) is 7.56. The van der Waals surface area contributed by atoms with E-state index in [-0.39, 0.29) is 11.3 Å². The van der Waals surface area contributed by atoms with Gasteiger partial charge in [-0.05, 0) is 17.7 Å². The lowest BCUT2D eigenvalue weighted by Gasteiger charge is -2.26. The number of para-hydroxylation sites is 1. The fraction of sp³-hybridized carbons (Fsp3) is 0.217. The summed E-state index contributed by atoms with van der Waals surface area (Å²) in [5, 5.41) is 11.4. The number of aliphatic hydroxyl groups is 1. The van der Waals surface area contributed by atoms with Crippen LogP contribution in [0.25, 0.3) is 11.0 Å². The molecule has 4 rings (SSSR count). The predicted octanol–water partition coefficient (Wildman–Crippen LogP) is 2.16. The maximum absolute atomic E-state index is 13.3. The van der Waals surface area contributed by atoms with Crippen LogP contribution < -0.4 is 4.90 Å². The Morgan fingerprint density at radius 1 is 1.10 bits per heavy atom. The number of nitrogens with one attached hydrogen (secondary N) is 1. The molecular formula is C23H23N2O4+. The molecule has 0 aliphatic carbocycles. The van der Waals surface area contributed by atoms with Crippen LogP contribution in [0.2, 0.25) is 0 Å². The quantitative estimate of drug-likeness (QED) is 0.632. The van der Waals surface area contributed by atoms with Crippen molar-refractivity contribution < 1.29 is 24.0 Å². The van der Waals surface area contributed by atoms with Gasteiger partial charge in [0.15, 0.2) is 11.5 Å². The average molecular weight is 391 g/mol. The molecule has 0 fully saturated rings. The van der Waals surface area contributed by atoms with Crippen molar-refractivity contribution in [3.63, 3.8) is 0 Å². The van der Waals surface area contributed by atoms with Crippen LogP contribution in [0.15, 0.2) is 76.4 Å². The lowest BCUT2D eigenvalue weighted by molar-refractivity contribution is -0.857. The van der Waals surface area contributed by atoms with Crippen LogP contribution in [0.1, 0.15) is 22.2 Å². The Labute approximate surface area is 168 Å². The number of likely N-dealkylation sites (N-methyl/N-ethyl adjacent to an activating group) is 1. The molecule has 2 heterocycles. The van der Waals surface area contributed by atoms with E-state index in [1.54, 1.807) is 17.0 Å². The van der Waals surface area contributed by atoms with E-state index in [4.69, 9.17) is 4.42 Å². The number of benzene rings is 2. The van der Waals surface area contributed by atoms with Crippen LogP contribution in [-0.4, -0.2) is 48.9 Å². The molecule has 148 valence electrons. The number of fused-ring (bicyclic) bond motifs is 1. The monoisotopic (exact) mass is 391 g/mol. The Kier molecular flexibility index (Phi) is 4.94. The fourth-order valence-electron chi connectivity index (χ4n) is 3.67. The summed E-state index contributed by atoms with van der Waals surface area (Å²) in [5.41, 5.74) is 1.43. The minimum Gasteiger partial charge on any atom is -0.503 e. The van der Waals surface area contributed by atoms with Gasteiger partial charge in [-0.15, -0.1) is 0 Å². The van der Waals surface area contributed by atoms with E-state index in [2.05, 4.69) is 0 Å². The zero-order valence-electron chi connectivity index (χ0n) is 16.4. The number of ketones is 1. The first-order valence-electron chi connectivity index (χ1n) is 9.58. The van der Waals surface area contributed by atoms with Crippen molar-refractivity contribution in [3.05, 3.63) is 83.3 Å². The SMILES string of the molecule is C[NH+](C)CCN1C(=O)C(O)=C(C(=O)c2cc3ccccc3o2)[C@H]1c1ccccc1. The summed E-state index contributed by atoms with van der Waals surface area (Å²) in [5.74, 6) is -1.39. The zero-order chi connectivity index (χ0) is 20.5. The summed E-state index contributed by atoms with van der Waals surface area (Å²) in [4.78, 5) is 28.9. The van der Waals surface area contributed by atoms with E-state index in [0.717, 1.165) is 10.9 Å². The van der Waals surface area contributed by atoms with Gasteiger partial charge in [-0.3, -0.25) is 9.59 Å². The normalized spacial score (nSPS) is 17.0. The Morgan fingerprint density at radius 2 is 1.79 bits per heavy atom. The van der Waals surface area contributed by atoms with Gasteiger partial charge in [0.1, 0.15) is 5.58 Å². The molecule has 6 nitrogen and oxygen atoms in total. The van der Waals surface area contributed by atoms with Gasteiger partial charge in [-0.25, -0.2) is 0 Å². The molecule has 1 aliphatic heterocycles. The number of aliphatic hydroxyl groups excluding tert-OH is 1. The van der Waals surface area contributed by atoms with Crippen LogP contribution in [0, 0.1) is 0 Å². The smallest absolute Gasteiger partial charge is 0.290 e. The van der Waals surface area contributed by atoms with Gasteiger partial charge < -0.3 is 19.3 Å². The third-order valence-electron chi connectivity index (χ3n) is 5.17. The van der Waals surface area contributed by atoms with Crippen molar-refractivity contribution in [3.8, 4) is 0 Å². The van der Waals surface area contributed by atoms with Gasteiger partial charge in [-0.2, -0.15) is 0 Å². The molecule has 0 radical (unpaired) electrons. The number of furan rings is 1. The Bertz CT molecular complexity index is 1070. The number of amides is 1.